The Kier molecular flexibility index (Phi) is 15.2. The van der Waals surface area contributed by atoms with E-state index in [0.29, 0.717) is 28.2 Å². The monoisotopic (exact) mass is 849 g/mol. The van der Waals surface area contributed by atoms with E-state index in [9.17, 15) is 46.3 Å². The summed E-state index contributed by atoms with van der Waals surface area (Å²) in [6, 6.07) is 6.42. The average Bonchev–Trinajstić information content (AvgIpc) is 3.16. The van der Waals surface area contributed by atoms with Gasteiger partial charge in [-0.1, -0.05) is 19.3 Å². The molecule has 3 aliphatic rings. The van der Waals surface area contributed by atoms with E-state index in [1.54, 1.807) is 39.0 Å². The Balaban J connectivity index is 0.000000275. The summed E-state index contributed by atoms with van der Waals surface area (Å²) in [5, 5.41) is 4.19. The van der Waals surface area contributed by atoms with E-state index in [1.807, 2.05) is 25.7 Å². The molecule has 1 saturated carbocycles. The van der Waals surface area contributed by atoms with Crippen LogP contribution in [0.3, 0.4) is 0 Å². The lowest BCUT2D eigenvalue weighted by molar-refractivity contribution is -0.134. The number of hydrogen-bond donors (Lipinski definition) is 2. The number of hydrogen-bond acceptors (Lipinski definition) is 9. The summed E-state index contributed by atoms with van der Waals surface area (Å²) in [4.78, 5) is 80.0. The Bertz CT molecular complexity index is 1970. The van der Waals surface area contributed by atoms with Gasteiger partial charge in [0.25, 0.3) is 30.6 Å². The van der Waals surface area contributed by atoms with Gasteiger partial charge < -0.3 is 29.7 Å². The minimum absolute atomic E-state index is 0.000856. The minimum Gasteiger partial charge on any atom is -0.476 e. The molecule has 18 heteroatoms. The van der Waals surface area contributed by atoms with Crippen molar-refractivity contribution in [2.24, 2.45) is 0 Å². The predicted octanol–water partition coefficient (Wildman–Crippen LogP) is 5.73. The number of nitrogens with one attached hydrogen (secondary N) is 2. The van der Waals surface area contributed by atoms with Gasteiger partial charge in [0, 0.05) is 17.6 Å². The molecule has 2 aromatic carbocycles. The standard InChI is InChI=1S/C25H35F2N3O4.C17H20F2N2O5/c1-15(2)30(17-9-7-6-8-10-17)23(32)18-12-19-20(11-16(18)3)34-25(4,5)24(33)29(19)14-22(31)28-13-21(26)27;1-9-5-12-11(6-10(9)15(23)25-4)21(16(24)17(2,3)26-12)8-14(22)20-7-13(18)19/h11-12,15,17,21H,6-10,13-14H2,1-5H3,(H,28,31);5-6,13H,7-8H2,1-4H3,(H,20,22). The molecule has 2 heterocycles. The number of benzene rings is 2. The summed E-state index contributed by atoms with van der Waals surface area (Å²) < 4.78 is 65.9. The number of methoxy groups -OCH3 is 1. The second-order valence-electron chi connectivity index (χ2n) is 16.3. The Morgan fingerprint density at radius 2 is 1.17 bits per heavy atom. The van der Waals surface area contributed by atoms with Gasteiger partial charge in [0.05, 0.1) is 37.1 Å². The molecule has 1 fully saturated rings. The molecule has 2 N–H and O–H groups in total. The van der Waals surface area contributed by atoms with Gasteiger partial charge in [0.2, 0.25) is 11.8 Å². The van der Waals surface area contributed by atoms with E-state index < -0.39 is 79.8 Å². The Labute approximate surface area is 347 Å². The van der Waals surface area contributed by atoms with Gasteiger partial charge in [0.15, 0.2) is 11.2 Å². The first-order chi connectivity index (χ1) is 28.0. The van der Waals surface area contributed by atoms with Crippen molar-refractivity contribution in [3.05, 3.63) is 46.5 Å². The van der Waals surface area contributed by atoms with Crippen molar-refractivity contribution in [2.75, 3.05) is 43.1 Å². The van der Waals surface area contributed by atoms with Crippen molar-refractivity contribution in [3.63, 3.8) is 0 Å². The van der Waals surface area contributed by atoms with Gasteiger partial charge in [-0.3, -0.25) is 33.8 Å². The van der Waals surface area contributed by atoms with Gasteiger partial charge in [-0.25, -0.2) is 22.4 Å². The molecule has 2 aromatic rings. The maximum atomic E-state index is 13.7. The number of aryl methyl sites for hydroxylation is 2. The summed E-state index contributed by atoms with van der Waals surface area (Å²) in [6.07, 6.45) is -0.127. The highest BCUT2D eigenvalue weighted by Crippen LogP contribution is 2.41. The van der Waals surface area contributed by atoms with Crippen LogP contribution in [0.4, 0.5) is 28.9 Å². The molecule has 0 radical (unpaired) electrons. The van der Waals surface area contributed by atoms with Crippen LogP contribution in [-0.2, 0) is 23.9 Å². The van der Waals surface area contributed by atoms with Crippen LogP contribution in [-0.4, -0.2) is 110 Å². The first-order valence-electron chi connectivity index (χ1n) is 19.8. The van der Waals surface area contributed by atoms with Crippen LogP contribution in [0.2, 0.25) is 0 Å². The fraction of sp³-hybridized carbons (Fsp3) is 0.571. The molecule has 2 aliphatic heterocycles. The SMILES string of the molecule is COC(=O)c1cc2c(cc1C)OC(C)(C)C(=O)N2CC(=O)NCC(F)F.Cc1cc2c(cc1C(=O)N(C(C)C)C1CCCCC1)N(CC(=O)NCC(F)F)C(=O)C(C)(C)O2. The maximum Gasteiger partial charge on any atom is 0.338 e. The molecule has 0 saturated heterocycles. The molecule has 60 heavy (non-hydrogen) atoms. The van der Waals surface area contributed by atoms with Crippen molar-refractivity contribution in [1.82, 2.24) is 15.5 Å². The van der Waals surface area contributed by atoms with Gasteiger partial charge in [-0.2, -0.15) is 0 Å². The highest BCUT2D eigenvalue weighted by atomic mass is 19.3. The molecule has 5 amide bonds. The van der Waals surface area contributed by atoms with Crippen LogP contribution in [0, 0.1) is 13.8 Å². The van der Waals surface area contributed by atoms with Crippen molar-refractivity contribution in [3.8, 4) is 11.5 Å². The molecule has 0 spiro atoms. The van der Waals surface area contributed by atoms with Crippen LogP contribution >= 0.6 is 0 Å². The summed E-state index contributed by atoms with van der Waals surface area (Å²) in [7, 11) is 1.22. The summed E-state index contributed by atoms with van der Waals surface area (Å²) in [5.74, 6) is -2.53. The van der Waals surface area contributed by atoms with Crippen LogP contribution in [0.25, 0.3) is 0 Å². The largest absolute Gasteiger partial charge is 0.476 e. The molecule has 14 nitrogen and oxygen atoms in total. The van der Waals surface area contributed by atoms with E-state index in [-0.39, 0.29) is 34.9 Å². The van der Waals surface area contributed by atoms with Crippen molar-refractivity contribution < 1.29 is 60.5 Å². The first kappa shape index (κ1) is 47.3. The van der Waals surface area contributed by atoms with Gasteiger partial charge in [-0.15, -0.1) is 0 Å². The van der Waals surface area contributed by atoms with Crippen molar-refractivity contribution in [2.45, 2.75) is 124 Å². The third-order valence-electron chi connectivity index (χ3n) is 10.3. The molecule has 0 aromatic heterocycles. The molecular weight excluding hydrogens is 794 g/mol. The lowest BCUT2D eigenvalue weighted by Crippen LogP contribution is -2.55. The second-order valence-corrected chi connectivity index (χ2v) is 16.3. The lowest BCUT2D eigenvalue weighted by Gasteiger charge is -2.40. The highest BCUT2D eigenvalue weighted by Gasteiger charge is 2.44. The molecule has 1 aliphatic carbocycles. The van der Waals surface area contributed by atoms with Gasteiger partial charge in [0.1, 0.15) is 24.6 Å². The fourth-order valence-corrected chi connectivity index (χ4v) is 7.41. The zero-order valence-electron chi connectivity index (χ0n) is 35.5. The number of carbonyl (C=O) groups is 6. The number of rotatable bonds is 12. The fourth-order valence-electron chi connectivity index (χ4n) is 7.41. The van der Waals surface area contributed by atoms with Gasteiger partial charge in [-0.05, 0) is 104 Å². The van der Waals surface area contributed by atoms with E-state index >= 15 is 0 Å². The van der Waals surface area contributed by atoms with Gasteiger partial charge >= 0.3 is 5.97 Å². The number of carbonyl (C=O) groups excluding carboxylic acids is 6. The van der Waals surface area contributed by atoms with Crippen molar-refractivity contribution in [1.29, 1.82) is 0 Å². The molecular formula is C42H55F4N5O9. The number of alkyl halides is 4. The van der Waals surface area contributed by atoms with Crippen LogP contribution < -0.4 is 29.9 Å². The number of ether oxygens (including phenoxy) is 3. The van der Waals surface area contributed by atoms with E-state index in [0.717, 1.165) is 30.6 Å². The lowest BCUT2D eigenvalue weighted by atomic mass is 9.92. The quantitative estimate of drug-likeness (QED) is 0.201. The molecule has 0 unspecified atom stereocenters. The summed E-state index contributed by atoms with van der Waals surface area (Å²) in [5.41, 5.74) is -0.0898. The zero-order valence-corrected chi connectivity index (χ0v) is 35.5. The van der Waals surface area contributed by atoms with Crippen LogP contribution in [0.5, 0.6) is 11.5 Å². The smallest absolute Gasteiger partial charge is 0.338 e. The normalized spacial score (nSPS) is 16.9. The summed E-state index contributed by atoms with van der Waals surface area (Å²) in [6.45, 7) is 11.2. The van der Waals surface area contributed by atoms with E-state index in [4.69, 9.17) is 14.2 Å². The number of fused-ring (bicyclic) bond motifs is 2. The number of halogens is 4. The number of anilines is 2. The Hall–Kier alpha value is -5.42. The highest BCUT2D eigenvalue weighted by molar-refractivity contribution is 6.08. The molecule has 0 atom stereocenters. The van der Waals surface area contributed by atoms with Crippen molar-refractivity contribution >= 4 is 46.9 Å². The number of amides is 5. The van der Waals surface area contributed by atoms with E-state index in [2.05, 4.69) is 10.6 Å². The third kappa shape index (κ3) is 11.0. The summed E-state index contributed by atoms with van der Waals surface area (Å²) >= 11 is 0. The number of esters is 1. The Morgan fingerprint density at radius 1 is 0.750 bits per heavy atom. The number of nitrogens with zero attached hydrogens (tertiary/aromatic N) is 3. The third-order valence-corrected chi connectivity index (χ3v) is 10.3. The molecule has 5 rings (SSSR count). The predicted molar refractivity (Wildman–Crippen MR) is 214 cm³/mol. The Morgan fingerprint density at radius 3 is 1.57 bits per heavy atom. The van der Waals surface area contributed by atoms with Crippen LogP contribution in [0.1, 0.15) is 105 Å². The first-order valence-corrected chi connectivity index (χ1v) is 19.8. The van der Waals surface area contributed by atoms with E-state index in [1.165, 1.54) is 38.3 Å². The maximum absolute atomic E-state index is 13.7. The molecule has 0 bridgehead atoms. The topological polar surface area (TPSA) is 164 Å². The second kappa shape index (κ2) is 19.3. The van der Waals surface area contributed by atoms with Crippen LogP contribution in [0.15, 0.2) is 24.3 Å². The zero-order chi connectivity index (χ0) is 44.9. The molecule has 330 valence electrons. The minimum atomic E-state index is -2.70. The average molecular weight is 850 g/mol.